The Kier molecular flexibility index (Phi) is 6.19. The molecule has 4 aliphatic carbocycles. The lowest BCUT2D eigenvalue weighted by Crippen LogP contribution is -2.69. The molecule has 2 aromatic rings. The van der Waals surface area contributed by atoms with Crippen molar-refractivity contribution in [2.24, 2.45) is 22.2 Å². The van der Waals surface area contributed by atoms with Gasteiger partial charge in [0.1, 0.15) is 6.07 Å². The van der Waals surface area contributed by atoms with Gasteiger partial charge in [-0.3, -0.25) is 14.8 Å². The molecule has 2 bridgehead atoms. The lowest BCUT2D eigenvalue weighted by atomic mass is 9.49. The number of nitrogens with zero attached hydrogens (tertiary/aromatic N) is 4. The molecule has 3 heterocycles. The molecule has 10 heteroatoms. The number of allylic oxidation sites excluding steroid dienone is 3. The van der Waals surface area contributed by atoms with E-state index in [1.54, 1.807) is 12.4 Å². The van der Waals surface area contributed by atoms with Crippen LogP contribution in [0.3, 0.4) is 0 Å². The van der Waals surface area contributed by atoms with E-state index in [0.29, 0.717) is 28.3 Å². The van der Waals surface area contributed by atoms with E-state index >= 15 is 0 Å². The SMILES string of the molecule is CC(C)(C)CNc1c(C#N)cnc2c(Cl)cc(N[C@H](C3=CN(C45CC(C4)C5)NN3)C3=CC=CC4C(=O)N=CC=C34)cc12. The van der Waals surface area contributed by atoms with Crippen LogP contribution in [0.15, 0.2) is 70.7 Å². The highest BCUT2D eigenvalue weighted by molar-refractivity contribution is 6.35. The highest BCUT2D eigenvalue weighted by Gasteiger charge is 2.60. The van der Waals surface area contributed by atoms with Gasteiger partial charge in [-0.15, -0.1) is 5.53 Å². The van der Waals surface area contributed by atoms with Crippen LogP contribution < -0.4 is 21.6 Å². The monoisotopic (exact) mass is 580 g/mol. The number of nitriles is 1. The lowest BCUT2D eigenvalue weighted by molar-refractivity contribution is -0.141. The Balaban J connectivity index is 1.30. The molecule has 42 heavy (non-hydrogen) atoms. The van der Waals surface area contributed by atoms with E-state index in [4.69, 9.17) is 11.6 Å². The van der Waals surface area contributed by atoms with Crippen molar-refractivity contribution in [2.75, 3.05) is 17.2 Å². The third kappa shape index (κ3) is 4.46. The summed E-state index contributed by atoms with van der Waals surface area (Å²) in [7, 11) is 0. The van der Waals surface area contributed by atoms with Crippen molar-refractivity contribution >= 4 is 46.0 Å². The number of carbonyl (C=O) groups excluding carboxylic acids is 1. The average molecular weight is 581 g/mol. The van der Waals surface area contributed by atoms with Gasteiger partial charge in [-0.2, -0.15) is 5.26 Å². The first-order valence-electron chi connectivity index (χ1n) is 14.4. The first-order valence-corrected chi connectivity index (χ1v) is 14.7. The molecule has 9 nitrogen and oxygen atoms in total. The standard InChI is InChI=1S/C32H33ClN8O/c1-31(2,3)17-37-27-19(14-34)15-36-28-24(27)9-20(10-25(28)33)38-29(22-5-4-6-23-21(22)7-8-35-30(23)42)26-16-41(40-39-26)32-11-18(12-32)13-32/h4-10,15-16,18,23,29,38-40H,11-13,17H2,1-3H3,(H,36,37)/t18?,23?,29-,32?/m0/s1. The Bertz CT molecular complexity index is 1690. The average Bonchev–Trinajstić information content (AvgIpc) is 3.37. The van der Waals surface area contributed by atoms with E-state index in [9.17, 15) is 10.1 Å². The molecule has 6 aliphatic rings. The minimum absolute atomic E-state index is 0.00106. The van der Waals surface area contributed by atoms with Gasteiger partial charge in [-0.25, -0.2) is 4.99 Å². The number of carbonyl (C=O) groups is 1. The summed E-state index contributed by atoms with van der Waals surface area (Å²) in [5, 5.41) is 20.5. The van der Waals surface area contributed by atoms with Crippen LogP contribution in [-0.4, -0.2) is 40.2 Å². The quantitative estimate of drug-likeness (QED) is 0.345. The zero-order chi connectivity index (χ0) is 29.2. The van der Waals surface area contributed by atoms with Gasteiger partial charge in [0.05, 0.1) is 45.0 Å². The van der Waals surface area contributed by atoms with Crippen LogP contribution in [0.4, 0.5) is 11.4 Å². The largest absolute Gasteiger partial charge is 0.383 e. The van der Waals surface area contributed by atoms with Gasteiger partial charge in [0, 0.05) is 36.2 Å². The number of amides is 1. The Morgan fingerprint density at radius 3 is 2.79 bits per heavy atom. The van der Waals surface area contributed by atoms with Gasteiger partial charge >= 0.3 is 0 Å². The first kappa shape index (κ1) is 26.7. The molecule has 0 spiro atoms. The number of benzene rings is 1. The smallest absolute Gasteiger partial charge is 0.257 e. The molecule has 0 saturated heterocycles. The summed E-state index contributed by atoms with van der Waals surface area (Å²) < 4.78 is 0. The van der Waals surface area contributed by atoms with Crippen LogP contribution in [0, 0.1) is 28.6 Å². The van der Waals surface area contributed by atoms with E-state index < -0.39 is 5.92 Å². The molecular formula is C32H33ClN8O. The number of aromatic nitrogens is 1. The molecular weight excluding hydrogens is 548 g/mol. The Morgan fingerprint density at radius 1 is 1.26 bits per heavy atom. The summed E-state index contributed by atoms with van der Waals surface area (Å²) >= 11 is 6.83. The zero-order valence-corrected chi connectivity index (χ0v) is 24.6. The fraction of sp³-hybridized carbons (Fsp3) is 0.375. The molecule has 1 amide bonds. The van der Waals surface area contributed by atoms with Crippen molar-refractivity contribution in [1.29, 1.82) is 5.26 Å². The number of hydrazine groups is 2. The maximum atomic E-state index is 12.7. The summed E-state index contributed by atoms with van der Waals surface area (Å²) in [4.78, 5) is 21.2. The van der Waals surface area contributed by atoms with Crippen LogP contribution in [0.2, 0.25) is 5.02 Å². The molecule has 214 valence electrons. The topological polar surface area (TPSA) is 117 Å². The molecule has 8 rings (SSSR count). The van der Waals surface area contributed by atoms with E-state index in [1.807, 2.05) is 36.4 Å². The molecule has 3 saturated carbocycles. The molecule has 2 aliphatic heterocycles. The number of anilines is 2. The van der Waals surface area contributed by atoms with Crippen molar-refractivity contribution in [1.82, 2.24) is 21.0 Å². The molecule has 3 fully saturated rings. The van der Waals surface area contributed by atoms with Crippen LogP contribution >= 0.6 is 11.6 Å². The van der Waals surface area contributed by atoms with Crippen molar-refractivity contribution in [3.05, 3.63) is 76.3 Å². The number of rotatable bonds is 7. The van der Waals surface area contributed by atoms with E-state index in [2.05, 4.69) is 69.6 Å². The maximum absolute atomic E-state index is 12.7. The molecule has 0 radical (unpaired) electrons. The highest BCUT2D eigenvalue weighted by Crippen LogP contribution is 2.60. The fourth-order valence-electron chi connectivity index (χ4n) is 6.52. The maximum Gasteiger partial charge on any atom is 0.257 e. The second-order valence-corrected chi connectivity index (χ2v) is 13.5. The lowest BCUT2D eigenvalue weighted by Gasteiger charge is -2.64. The summed E-state index contributed by atoms with van der Waals surface area (Å²) in [6.45, 7) is 7.09. The predicted octanol–water partition coefficient (Wildman–Crippen LogP) is 5.37. The molecule has 1 unspecified atom stereocenters. The minimum atomic E-state index is -0.418. The molecule has 1 aromatic carbocycles. The second kappa shape index (κ2) is 9.72. The van der Waals surface area contributed by atoms with Gasteiger partial charge in [0.25, 0.3) is 5.91 Å². The fourth-order valence-corrected chi connectivity index (χ4v) is 6.79. The summed E-state index contributed by atoms with van der Waals surface area (Å²) in [6.07, 6.45) is 16.7. The van der Waals surface area contributed by atoms with Gasteiger partial charge in [-0.05, 0) is 60.0 Å². The number of aliphatic imine (C=N–C) groups is 1. The number of pyridine rings is 1. The van der Waals surface area contributed by atoms with Crippen molar-refractivity contribution in [3.8, 4) is 6.07 Å². The Morgan fingerprint density at radius 2 is 2.07 bits per heavy atom. The van der Waals surface area contributed by atoms with Crippen LogP contribution in [0.25, 0.3) is 10.9 Å². The van der Waals surface area contributed by atoms with Gasteiger partial charge in [0.15, 0.2) is 0 Å². The van der Waals surface area contributed by atoms with Gasteiger partial charge in [0.2, 0.25) is 0 Å². The molecule has 4 N–H and O–H groups in total. The number of hydrogen-bond donors (Lipinski definition) is 4. The predicted molar refractivity (Wildman–Crippen MR) is 165 cm³/mol. The van der Waals surface area contributed by atoms with Crippen LogP contribution in [0.5, 0.6) is 0 Å². The van der Waals surface area contributed by atoms with Crippen molar-refractivity contribution in [3.63, 3.8) is 0 Å². The number of fused-ring (bicyclic) bond motifs is 2. The number of hydrogen-bond acceptors (Lipinski definition) is 8. The van der Waals surface area contributed by atoms with Gasteiger partial charge in [-0.1, -0.05) is 50.6 Å². The van der Waals surface area contributed by atoms with Crippen LogP contribution in [-0.2, 0) is 4.79 Å². The summed E-state index contributed by atoms with van der Waals surface area (Å²) in [6, 6.07) is 5.80. The summed E-state index contributed by atoms with van der Waals surface area (Å²) in [5.41, 5.74) is 12.3. The summed E-state index contributed by atoms with van der Waals surface area (Å²) in [5.74, 6) is 0.253. The van der Waals surface area contributed by atoms with E-state index in [-0.39, 0.29) is 22.9 Å². The number of dihydropyridines is 1. The molecule has 1 aromatic heterocycles. The van der Waals surface area contributed by atoms with Crippen LogP contribution in [0.1, 0.15) is 45.6 Å². The van der Waals surface area contributed by atoms with Gasteiger partial charge < -0.3 is 16.1 Å². The minimum Gasteiger partial charge on any atom is -0.383 e. The van der Waals surface area contributed by atoms with E-state index in [0.717, 1.165) is 33.8 Å². The number of nitrogens with one attached hydrogen (secondary N) is 4. The molecule has 2 atom stereocenters. The second-order valence-electron chi connectivity index (χ2n) is 13.1. The first-order chi connectivity index (χ1) is 20.1. The zero-order valence-electron chi connectivity index (χ0n) is 23.8. The van der Waals surface area contributed by atoms with Crippen molar-refractivity contribution in [2.45, 2.75) is 51.6 Å². The normalized spacial score (nSPS) is 26.2. The third-order valence-corrected chi connectivity index (χ3v) is 9.14. The van der Waals surface area contributed by atoms with E-state index in [1.165, 1.54) is 19.3 Å². The van der Waals surface area contributed by atoms with Crippen molar-refractivity contribution < 1.29 is 4.79 Å². The third-order valence-electron chi connectivity index (χ3n) is 8.85. The Labute approximate surface area is 250 Å². The highest BCUT2D eigenvalue weighted by atomic mass is 35.5. The number of halogens is 1. The Hall–Kier alpha value is -4.13.